The molecule has 7 heavy (non-hydrogen) atoms. The Kier molecular flexibility index (Phi) is 2.12. The van der Waals surface area contributed by atoms with Crippen LogP contribution in [0.3, 0.4) is 0 Å². The highest BCUT2D eigenvalue weighted by atomic mass is 16.2. The highest BCUT2D eigenvalue weighted by molar-refractivity contribution is 5.93. The van der Waals surface area contributed by atoms with Crippen molar-refractivity contribution in [1.29, 1.82) is 0 Å². The number of rotatable bonds is 1. The van der Waals surface area contributed by atoms with Crippen LogP contribution in [0.15, 0.2) is 11.8 Å². The lowest BCUT2D eigenvalue weighted by Crippen LogP contribution is -1.89. The highest BCUT2D eigenvalue weighted by Crippen LogP contribution is 1.87. The molecule has 0 aromatic rings. The maximum atomic E-state index is 10.1. The number of carbonyl (C=O) groups excluding carboxylic acids is 1. The lowest BCUT2D eigenvalue weighted by atomic mass is 10.2. The van der Waals surface area contributed by atoms with Gasteiger partial charge in [0.1, 0.15) is 0 Å². The maximum Gasteiger partial charge on any atom is 0.158 e. The second-order valence-electron chi connectivity index (χ2n) is 1.21. The van der Waals surface area contributed by atoms with Gasteiger partial charge in [-0.1, -0.05) is 0 Å². The third kappa shape index (κ3) is 1.98. The second-order valence-corrected chi connectivity index (χ2v) is 1.21. The molecule has 0 aliphatic rings. The first-order valence-electron chi connectivity index (χ1n) is 1.85. The van der Waals surface area contributed by atoms with Gasteiger partial charge in [0.25, 0.3) is 0 Å². The molecule has 0 rings (SSSR count). The summed E-state index contributed by atoms with van der Waals surface area (Å²) < 4.78 is 0. The standard InChI is InChI=1S/C5H7O2/c1-4(3-6)5(2)7/h3,6H,1H2,2H3/b4-3-. The fourth-order valence-corrected chi connectivity index (χ4v) is 0.0909. The molecule has 2 nitrogen and oxygen atoms in total. The Balaban J connectivity index is 3.82. The van der Waals surface area contributed by atoms with Crippen molar-refractivity contribution in [3.05, 3.63) is 18.8 Å². The maximum absolute atomic E-state index is 10.1. The summed E-state index contributed by atoms with van der Waals surface area (Å²) >= 11 is 0. The number of hydrogen-bond donors (Lipinski definition) is 1. The van der Waals surface area contributed by atoms with E-state index in [1.807, 2.05) is 0 Å². The molecule has 0 spiro atoms. The number of aliphatic hydroxyl groups is 1. The number of carbonyl (C=O) groups is 1. The summed E-state index contributed by atoms with van der Waals surface area (Å²) in [6.07, 6.45) is 0.697. The zero-order chi connectivity index (χ0) is 5.86. The fraction of sp³-hybridized carbons (Fsp3) is 0.200. The average molecular weight is 99.1 g/mol. The van der Waals surface area contributed by atoms with Crippen molar-refractivity contribution in [2.75, 3.05) is 0 Å². The van der Waals surface area contributed by atoms with E-state index in [-0.39, 0.29) is 11.4 Å². The van der Waals surface area contributed by atoms with E-state index in [1.165, 1.54) is 6.92 Å². The summed E-state index contributed by atoms with van der Waals surface area (Å²) in [4.78, 5) is 10.1. The number of Topliss-reactive ketones (excluding diaryl/α,β-unsaturated/α-hetero) is 1. The zero-order valence-electron chi connectivity index (χ0n) is 4.14. The van der Waals surface area contributed by atoms with Crippen LogP contribution in [0.1, 0.15) is 6.92 Å². The predicted octanol–water partition coefficient (Wildman–Crippen LogP) is 0.851. The normalized spacial score (nSPS) is 11.4. The van der Waals surface area contributed by atoms with Crippen molar-refractivity contribution in [2.45, 2.75) is 6.92 Å². The number of aliphatic hydroxyl groups excluding tert-OH is 1. The monoisotopic (exact) mass is 99.0 g/mol. The van der Waals surface area contributed by atoms with Crippen LogP contribution in [0.25, 0.3) is 0 Å². The van der Waals surface area contributed by atoms with Crippen molar-refractivity contribution < 1.29 is 9.90 Å². The lowest BCUT2D eigenvalue weighted by Gasteiger charge is -1.84. The number of hydrogen-bond acceptors (Lipinski definition) is 2. The summed E-state index contributed by atoms with van der Waals surface area (Å²) in [7, 11) is 0. The van der Waals surface area contributed by atoms with Crippen LogP contribution in [0, 0.1) is 6.92 Å². The van der Waals surface area contributed by atoms with Gasteiger partial charge in [0.05, 0.1) is 6.26 Å². The van der Waals surface area contributed by atoms with Gasteiger partial charge in [0.2, 0.25) is 0 Å². The van der Waals surface area contributed by atoms with E-state index in [9.17, 15) is 4.79 Å². The van der Waals surface area contributed by atoms with Crippen LogP contribution < -0.4 is 0 Å². The van der Waals surface area contributed by atoms with Gasteiger partial charge in [0.15, 0.2) is 5.78 Å². The van der Waals surface area contributed by atoms with E-state index in [0.717, 1.165) is 0 Å². The molecule has 39 valence electrons. The van der Waals surface area contributed by atoms with Crippen LogP contribution in [0.4, 0.5) is 0 Å². The van der Waals surface area contributed by atoms with E-state index < -0.39 is 0 Å². The molecule has 1 N–H and O–H groups in total. The molecule has 0 saturated heterocycles. The molecule has 2 heteroatoms. The molecule has 0 aliphatic carbocycles. The van der Waals surface area contributed by atoms with Gasteiger partial charge in [-0.3, -0.25) is 4.79 Å². The Labute approximate surface area is 42.5 Å². The van der Waals surface area contributed by atoms with Gasteiger partial charge < -0.3 is 5.11 Å². The molecule has 0 aromatic carbocycles. The summed E-state index contributed by atoms with van der Waals surface area (Å²) in [5, 5.41) is 8.06. The molecular formula is C5H7O2. The Bertz CT molecular complexity index is 103. The Morgan fingerprint density at radius 3 is 2.29 bits per heavy atom. The van der Waals surface area contributed by atoms with E-state index in [0.29, 0.717) is 6.26 Å². The molecule has 0 heterocycles. The molecular weight excluding hydrogens is 92.1 g/mol. The second kappa shape index (κ2) is 2.39. The minimum absolute atomic E-state index is 0.139. The molecule has 0 unspecified atom stereocenters. The van der Waals surface area contributed by atoms with Crippen LogP contribution >= 0.6 is 0 Å². The number of ketones is 1. The van der Waals surface area contributed by atoms with Gasteiger partial charge >= 0.3 is 0 Å². The van der Waals surface area contributed by atoms with Crippen molar-refractivity contribution in [3.63, 3.8) is 0 Å². The average Bonchev–Trinajstić information content (AvgIpc) is 1.65. The van der Waals surface area contributed by atoms with E-state index in [4.69, 9.17) is 5.11 Å². The van der Waals surface area contributed by atoms with Crippen molar-refractivity contribution in [1.82, 2.24) is 0 Å². The van der Waals surface area contributed by atoms with Crippen LogP contribution in [-0.4, -0.2) is 10.9 Å². The molecule has 1 radical (unpaired) electrons. The van der Waals surface area contributed by atoms with E-state index in [2.05, 4.69) is 6.92 Å². The third-order valence-electron chi connectivity index (χ3n) is 0.608. The first-order valence-corrected chi connectivity index (χ1v) is 1.85. The van der Waals surface area contributed by atoms with Gasteiger partial charge in [-0.25, -0.2) is 0 Å². The topological polar surface area (TPSA) is 37.3 Å². The van der Waals surface area contributed by atoms with Crippen molar-refractivity contribution in [3.8, 4) is 0 Å². The predicted molar refractivity (Wildman–Crippen MR) is 26.7 cm³/mol. The van der Waals surface area contributed by atoms with Crippen LogP contribution in [0.5, 0.6) is 0 Å². The first-order chi connectivity index (χ1) is 3.18. The zero-order valence-corrected chi connectivity index (χ0v) is 4.14. The van der Waals surface area contributed by atoms with Gasteiger partial charge in [0, 0.05) is 5.57 Å². The van der Waals surface area contributed by atoms with Crippen LogP contribution in [-0.2, 0) is 4.79 Å². The van der Waals surface area contributed by atoms with Gasteiger partial charge in [-0.05, 0) is 13.8 Å². The highest BCUT2D eigenvalue weighted by Gasteiger charge is 1.91. The fourth-order valence-electron chi connectivity index (χ4n) is 0.0909. The minimum Gasteiger partial charge on any atom is -0.515 e. The first kappa shape index (κ1) is 6.21. The third-order valence-corrected chi connectivity index (χ3v) is 0.608. The van der Waals surface area contributed by atoms with Crippen molar-refractivity contribution in [2.24, 2.45) is 0 Å². The smallest absolute Gasteiger partial charge is 0.158 e. The Morgan fingerprint density at radius 2 is 2.29 bits per heavy atom. The largest absolute Gasteiger partial charge is 0.515 e. The van der Waals surface area contributed by atoms with E-state index >= 15 is 0 Å². The Morgan fingerprint density at radius 1 is 1.86 bits per heavy atom. The molecule has 0 aromatic heterocycles. The molecule has 0 amide bonds. The van der Waals surface area contributed by atoms with Gasteiger partial charge in [-0.15, -0.1) is 0 Å². The molecule has 0 atom stereocenters. The summed E-state index contributed by atoms with van der Waals surface area (Å²) in [6.45, 7) is 4.56. The summed E-state index contributed by atoms with van der Waals surface area (Å²) in [5.74, 6) is -0.206. The molecule has 0 saturated carbocycles. The molecule has 0 aliphatic heterocycles. The minimum atomic E-state index is -0.206. The number of allylic oxidation sites excluding steroid dienone is 1. The van der Waals surface area contributed by atoms with Crippen LogP contribution in [0.2, 0.25) is 0 Å². The van der Waals surface area contributed by atoms with E-state index in [1.54, 1.807) is 0 Å². The van der Waals surface area contributed by atoms with Crippen molar-refractivity contribution >= 4 is 5.78 Å². The lowest BCUT2D eigenvalue weighted by molar-refractivity contribution is -0.113. The Hall–Kier alpha value is -0.790. The van der Waals surface area contributed by atoms with Gasteiger partial charge in [-0.2, -0.15) is 0 Å². The molecule has 0 fully saturated rings. The molecule has 0 bridgehead atoms. The summed E-state index contributed by atoms with van der Waals surface area (Å²) in [6, 6.07) is 0. The quantitative estimate of drug-likeness (QED) is 0.391. The summed E-state index contributed by atoms with van der Waals surface area (Å²) in [5.41, 5.74) is 0.139. The SMILES string of the molecule is [CH2]/C(=C/O)C(C)=O.